The molecule has 0 spiro atoms. The summed E-state index contributed by atoms with van der Waals surface area (Å²) in [5, 5.41) is 3.03. The van der Waals surface area contributed by atoms with Crippen molar-refractivity contribution in [1.82, 2.24) is 5.32 Å². The Morgan fingerprint density at radius 2 is 1.88 bits per heavy atom. The minimum atomic E-state index is -0.153. The molecule has 0 fully saturated rings. The predicted molar refractivity (Wildman–Crippen MR) is 104 cm³/mol. The van der Waals surface area contributed by atoms with E-state index in [1.165, 1.54) is 6.08 Å². The maximum absolute atomic E-state index is 12.3. The summed E-state index contributed by atoms with van der Waals surface area (Å²) in [5.41, 5.74) is 1.86. The van der Waals surface area contributed by atoms with Gasteiger partial charge in [0.15, 0.2) is 11.5 Å². The van der Waals surface area contributed by atoms with Crippen molar-refractivity contribution in [2.45, 2.75) is 19.4 Å². The molecular weight excluding hydrogens is 382 g/mol. The molecule has 0 heterocycles. The number of halogens is 1. The van der Waals surface area contributed by atoms with Crippen LogP contribution < -0.4 is 14.8 Å². The van der Waals surface area contributed by atoms with Crippen LogP contribution in [0.5, 0.6) is 11.5 Å². The Hall–Kier alpha value is -2.27. The van der Waals surface area contributed by atoms with Crippen LogP contribution in [0, 0.1) is 0 Å². The number of benzene rings is 2. The first-order valence-electron chi connectivity index (χ1n) is 8.04. The number of methoxy groups -OCH3 is 2. The lowest BCUT2D eigenvalue weighted by Gasteiger charge is -2.16. The quantitative estimate of drug-likeness (QED) is 0.678. The molecule has 1 amide bonds. The van der Waals surface area contributed by atoms with Gasteiger partial charge in [-0.25, -0.2) is 0 Å². The van der Waals surface area contributed by atoms with Crippen LogP contribution in [0.25, 0.3) is 6.08 Å². The van der Waals surface area contributed by atoms with Gasteiger partial charge in [0.05, 0.1) is 20.3 Å². The molecule has 5 heteroatoms. The van der Waals surface area contributed by atoms with E-state index in [9.17, 15) is 4.79 Å². The van der Waals surface area contributed by atoms with Gasteiger partial charge in [0.25, 0.3) is 0 Å². The molecule has 0 aliphatic rings. The molecule has 0 saturated carbocycles. The predicted octanol–water partition coefficient (Wildman–Crippen LogP) is 4.75. The van der Waals surface area contributed by atoms with Gasteiger partial charge in [-0.05, 0) is 36.3 Å². The molecule has 0 radical (unpaired) electrons. The molecule has 1 atom stereocenters. The van der Waals surface area contributed by atoms with E-state index in [0.29, 0.717) is 11.5 Å². The van der Waals surface area contributed by atoms with E-state index in [0.717, 1.165) is 22.0 Å². The highest BCUT2D eigenvalue weighted by atomic mass is 79.9. The summed E-state index contributed by atoms with van der Waals surface area (Å²) in [5.74, 6) is 1.08. The Morgan fingerprint density at radius 1 is 1.16 bits per heavy atom. The lowest BCUT2D eigenvalue weighted by Crippen LogP contribution is -2.26. The minimum Gasteiger partial charge on any atom is -0.493 e. The van der Waals surface area contributed by atoms with Crippen molar-refractivity contribution in [3.05, 3.63) is 64.1 Å². The Morgan fingerprint density at radius 3 is 2.48 bits per heavy atom. The number of carbonyl (C=O) groups excluding carboxylic acids is 1. The minimum absolute atomic E-state index is 0.0301. The second-order valence-corrected chi connectivity index (χ2v) is 6.35. The van der Waals surface area contributed by atoms with Gasteiger partial charge in [0.2, 0.25) is 5.91 Å². The molecule has 0 aromatic heterocycles. The average Bonchev–Trinajstić information content (AvgIpc) is 2.64. The van der Waals surface area contributed by atoms with Gasteiger partial charge in [0, 0.05) is 16.1 Å². The molecule has 2 aromatic rings. The van der Waals surface area contributed by atoms with Crippen LogP contribution in [-0.2, 0) is 4.79 Å². The summed E-state index contributed by atoms with van der Waals surface area (Å²) in [6.07, 6.45) is 4.05. The molecule has 0 aliphatic heterocycles. The fourth-order valence-electron chi connectivity index (χ4n) is 2.54. The van der Waals surface area contributed by atoms with E-state index in [4.69, 9.17) is 9.47 Å². The number of amides is 1. The van der Waals surface area contributed by atoms with Crippen LogP contribution in [0.15, 0.2) is 53.0 Å². The van der Waals surface area contributed by atoms with Gasteiger partial charge in [-0.3, -0.25) is 4.79 Å². The number of hydrogen-bond acceptors (Lipinski definition) is 3. The Kier molecular flexibility index (Phi) is 7.07. The van der Waals surface area contributed by atoms with Crippen LogP contribution in [0.3, 0.4) is 0 Å². The van der Waals surface area contributed by atoms with Gasteiger partial charge >= 0.3 is 0 Å². The van der Waals surface area contributed by atoms with Gasteiger partial charge in [-0.1, -0.05) is 47.1 Å². The van der Waals surface area contributed by atoms with Crippen molar-refractivity contribution < 1.29 is 14.3 Å². The van der Waals surface area contributed by atoms with Crippen LogP contribution in [-0.4, -0.2) is 20.1 Å². The molecular formula is C20H22BrNO3. The number of para-hydroxylation sites is 1. The highest BCUT2D eigenvalue weighted by molar-refractivity contribution is 9.10. The van der Waals surface area contributed by atoms with E-state index in [-0.39, 0.29) is 11.9 Å². The Labute approximate surface area is 157 Å². The smallest absolute Gasteiger partial charge is 0.244 e. The molecule has 1 unspecified atom stereocenters. The van der Waals surface area contributed by atoms with Crippen molar-refractivity contribution in [2.75, 3.05) is 14.2 Å². The summed E-state index contributed by atoms with van der Waals surface area (Å²) in [6.45, 7) is 2.04. The zero-order valence-electron chi connectivity index (χ0n) is 14.6. The SMILES string of the molecule is CCC(NC(=O)/C=C/c1cccc(OC)c1OC)c1ccc(Br)cc1. The van der Waals surface area contributed by atoms with Crippen molar-refractivity contribution >= 4 is 27.9 Å². The lowest BCUT2D eigenvalue weighted by molar-refractivity contribution is -0.117. The van der Waals surface area contributed by atoms with E-state index >= 15 is 0 Å². The number of carbonyl (C=O) groups is 1. The van der Waals surface area contributed by atoms with Gasteiger partial charge in [-0.2, -0.15) is 0 Å². The first-order chi connectivity index (χ1) is 12.1. The lowest BCUT2D eigenvalue weighted by atomic mass is 10.0. The van der Waals surface area contributed by atoms with Crippen LogP contribution >= 0.6 is 15.9 Å². The first kappa shape index (κ1) is 19.1. The number of nitrogens with one attached hydrogen (secondary N) is 1. The van der Waals surface area contributed by atoms with Crippen molar-refractivity contribution in [3.8, 4) is 11.5 Å². The third-order valence-electron chi connectivity index (χ3n) is 3.84. The fraction of sp³-hybridized carbons (Fsp3) is 0.250. The van der Waals surface area contributed by atoms with Crippen molar-refractivity contribution in [1.29, 1.82) is 0 Å². The third-order valence-corrected chi connectivity index (χ3v) is 4.37. The largest absolute Gasteiger partial charge is 0.493 e. The van der Waals surface area contributed by atoms with E-state index < -0.39 is 0 Å². The molecule has 25 heavy (non-hydrogen) atoms. The maximum atomic E-state index is 12.3. The summed E-state index contributed by atoms with van der Waals surface area (Å²) < 4.78 is 11.7. The zero-order valence-corrected chi connectivity index (χ0v) is 16.2. The van der Waals surface area contributed by atoms with Gasteiger partial charge in [0.1, 0.15) is 0 Å². The Balaban J connectivity index is 2.11. The van der Waals surface area contributed by atoms with Crippen LogP contribution in [0.2, 0.25) is 0 Å². The highest BCUT2D eigenvalue weighted by Crippen LogP contribution is 2.31. The van der Waals surface area contributed by atoms with Gasteiger partial charge in [-0.15, -0.1) is 0 Å². The van der Waals surface area contributed by atoms with E-state index in [1.807, 2.05) is 49.4 Å². The summed E-state index contributed by atoms with van der Waals surface area (Å²) in [7, 11) is 3.16. The molecule has 2 rings (SSSR count). The molecule has 132 valence electrons. The van der Waals surface area contributed by atoms with Crippen LogP contribution in [0.1, 0.15) is 30.5 Å². The monoisotopic (exact) mass is 403 g/mol. The van der Waals surface area contributed by atoms with Crippen molar-refractivity contribution in [3.63, 3.8) is 0 Å². The van der Waals surface area contributed by atoms with Crippen molar-refractivity contribution in [2.24, 2.45) is 0 Å². The molecule has 2 aromatic carbocycles. The first-order valence-corrected chi connectivity index (χ1v) is 8.83. The topological polar surface area (TPSA) is 47.6 Å². The molecule has 1 N–H and O–H groups in total. The highest BCUT2D eigenvalue weighted by Gasteiger charge is 2.12. The molecule has 0 bridgehead atoms. The second kappa shape index (κ2) is 9.28. The fourth-order valence-corrected chi connectivity index (χ4v) is 2.81. The molecule has 4 nitrogen and oxygen atoms in total. The number of ether oxygens (including phenoxy) is 2. The van der Waals surface area contributed by atoms with Gasteiger partial charge < -0.3 is 14.8 Å². The second-order valence-electron chi connectivity index (χ2n) is 5.44. The average molecular weight is 404 g/mol. The zero-order chi connectivity index (χ0) is 18.2. The number of hydrogen-bond donors (Lipinski definition) is 1. The third kappa shape index (κ3) is 5.10. The maximum Gasteiger partial charge on any atom is 0.244 e. The number of rotatable bonds is 7. The summed E-state index contributed by atoms with van der Waals surface area (Å²) in [4.78, 5) is 12.3. The molecule has 0 saturated heterocycles. The van der Waals surface area contributed by atoms with E-state index in [1.54, 1.807) is 20.3 Å². The normalized spacial score (nSPS) is 12.0. The standard InChI is InChI=1S/C20H22BrNO3/c1-4-17(14-8-11-16(21)12-9-14)22-19(23)13-10-15-6-5-7-18(24-2)20(15)25-3/h5-13,17H,4H2,1-3H3,(H,22,23)/b13-10+. The molecule has 0 aliphatic carbocycles. The van der Waals surface area contributed by atoms with Crippen LogP contribution in [0.4, 0.5) is 0 Å². The van der Waals surface area contributed by atoms with E-state index in [2.05, 4.69) is 21.2 Å². The Bertz CT molecular complexity index is 741. The summed E-state index contributed by atoms with van der Waals surface area (Å²) >= 11 is 3.42. The summed E-state index contributed by atoms with van der Waals surface area (Å²) in [6, 6.07) is 13.5.